The first kappa shape index (κ1) is 24.8. The first-order valence-corrected chi connectivity index (χ1v) is 9.64. The highest BCUT2D eigenvalue weighted by Crippen LogP contribution is 2.55. The molecule has 1 amide bonds. The van der Waals surface area contributed by atoms with Gasteiger partial charge in [-0.25, -0.2) is 9.07 Å². The van der Waals surface area contributed by atoms with Crippen LogP contribution in [0, 0.1) is 24.5 Å². The summed E-state index contributed by atoms with van der Waals surface area (Å²) in [6, 6.07) is 1.72. The summed E-state index contributed by atoms with van der Waals surface area (Å²) in [6.07, 6.45) is -5.96. The second-order valence-corrected chi connectivity index (χ2v) is 7.82. The van der Waals surface area contributed by atoms with Crippen LogP contribution in [-0.2, 0) is 9.53 Å². The number of amides is 1. The Kier molecular flexibility index (Phi) is 6.39. The van der Waals surface area contributed by atoms with Gasteiger partial charge in [-0.15, -0.1) is 0 Å². The lowest BCUT2D eigenvalue weighted by Crippen LogP contribution is -2.47. The largest absolute Gasteiger partial charge is 0.493 e. The normalized spacial score (nSPS) is 25.5. The number of nitrogens with one attached hydrogen (secondary N) is 1. The van der Waals surface area contributed by atoms with E-state index in [1.54, 1.807) is 0 Å². The van der Waals surface area contributed by atoms with E-state index in [9.17, 15) is 35.5 Å². The van der Waals surface area contributed by atoms with Crippen LogP contribution >= 0.6 is 0 Å². The number of methoxy groups -OCH3 is 1. The first-order chi connectivity index (χ1) is 15.2. The summed E-state index contributed by atoms with van der Waals surface area (Å²) in [5.74, 6) is -7.37. The van der Waals surface area contributed by atoms with E-state index < -0.39 is 59.6 Å². The van der Waals surface area contributed by atoms with Gasteiger partial charge in [0.25, 0.3) is 5.91 Å². The van der Waals surface area contributed by atoms with E-state index in [1.165, 1.54) is 6.92 Å². The van der Waals surface area contributed by atoms with Gasteiger partial charge in [-0.05, 0) is 19.9 Å². The minimum Gasteiger partial charge on any atom is -0.493 e. The van der Waals surface area contributed by atoms with E-state index >= 15 is 0 Å². The fourth-order valence-electron chi connectivity index (χ4n) is 3.95. The highest BCUT2D eigenvalue weighted by atomic mass is 19.4. The van der Waals surface area contributed by atoms with Crippen molar-refractivity contribution in [2.45, 2.75) is 51.1 Å². The Morgan fingerprint density at radius 1 is 1.30 bits per heavy atom. The highest BCUT2D eigenvalue weighted by Gasteiger charge is 2.66. The molecular formula is C20H20F7N3O3. The van der Waals surface area contributed by atoms with E-state index in [4.69, 9.17) is 9.47 Å². The lowest BCUT2D eigenvalue weighted by molar-refractivity contribution is -0.272. The van der Waals surface area contributed by atoms with Gasteiger partial charge in [-0.3, -0.25) is 4.79 Å². The molecule has 33 heavy (non-hydrogen) atoms. The van der Waals surface area contributed by atoms with E-state index in [-0.39, 0.29) is 21.6 Å². The predicted octanol–water partition coefficient (Wildman–Crippen LogP) is 4.95. The zero-order chi connectivity index (χ0) is 24.9. The van der Waals surface area contributed by atoms with Crippen molar-refractivity contribution in [1.82, 2.24) is 9.78 Å². The number of ether oxygens (including phenoxy) is 2. The van der Waals surface area contributed by atoms with Crippen molar-refractivity contribution in [3.05, 3.63) is 41.2 Å². The van der Waals surface area contributed by atoms with Crippen LogP contribution in [0.4, 0.5) is 36.4 Å². The molecule has 1 saturated heterocycles. The van der Waals surface area contributed by atoms with Gasteiger partial charge in [-0.1, -0.05) is 13.0 Å². The van der Waals surface area contributed by atoms with Gasteiger partial charge >= 0.3 is 12.7 Å². The fourth-order valence-corrected chi connectivity index (χ4v) is 3.95. The zero-order valence-corrected chi connectivity index (χ0v) is 17.8. The number of halogens is 7. The number of carbonyl (C=O) groups is 1. The van der Waals surface area contributed by atoms with Gasteiger partial charge < -0.3 is 14.8 Å². The minimum absolute atomic E-state index is 0.0183. The van der Waals surface area contributed by atoms with Crippen LogP contribution < -0.4 is 10.1 Å². The molecule has 4 atom stereocenters. The summed E-state index contributed by atoms with van der Waals surface area (Å²) in [6.45, 7) is 0.198. The third kappa shape index (κ3) is 4.13. The molecule has 0 aliphatic carbocycles. The molecule has 2 aromatic rings. The quantitative estimate of drug-likeness (QED) is 0.612. The minimum atomic E-state index is -4.93. The van der Waals surface area contributed by atoms with Crippen LogP contribution in [0.5, 0.6) is 5.75 Å². The molecule has 182 valence electrons. The smallest absolute Gasteiger partial charge is 0.417 e. The molecule has 13 heteroatoms. The third-order valence-electron chi connectivity index (χ3n) is 5.94. The summed E-state index contributed by atoms with van der Waals surface area (Å²) >= 11 is 0. The summed E-state index contributed by atoms with van der Waals surface area (Å²) in [5, 5.41) is 5.76. The van der Waals surface area contributed by atoms with Crippen LogP contribution in [0.3, 0.4) is 0 Å². The fraction of sp³-hybridized carbons (Fsp3) is 0.500. The Morgan fingerprint density at radius 3 is 2.45 bits per heavy atom. The molecule has 6 nitrogen and oxygen atoms in total. The van der Waals surface area contributed by atoms with E-state index in [0.29, 0.717) is 6.07 Å². The van der Waals surface area contributed by atoms with Crippen molar-refractivity contribution in [3.8, 4) is 5.75 Å². The lowest BCUT2D eigenvalue weighted by Gasteiger charge is -2.32. The van der Waals surface area contributed by atoms with Gasteiger partial charge in [0.15, 0.2) is 17.2 Å². The second-order valence-electron chi connectivity index (χ2n) is 7.82. The average Bonchev–Trinajstić information content (AvgIpc) is 3.22. The average molecular weight is 483 g/mol. The SMILES string of the molecule is COc1c(C2C(C(=O)Nc3cn(C(F)F)nc3C)OC(C)(C(F)(F)F)C2C)ccc(F)c1F. The number of aryl methyl sites for hydroxylation is 1. The number of rotatable bonds is 5. The van der Waals surface area contributed by atoms with Crippen LogP contribution in [0.25, 0.3) is 0 Å². The van der Waals surface area contributed by atoms with Crippen LogP contribution in [-0.4, -0.2) is 40.7 Å². The van der Waals surface area contributed by atoms with Crippen LogP contribution in [0.1, 0.15) is 37.6 Å². The number of aromatic nitrogens is 2. The van der Waals surface area contributed by atoms with Crippen molar-refractivity contribution < 1.29 is 45.0 Å². The molecular weight excluding hydrogens is 463 g/mol. The monoisotopic (exact) mass is 483 g/mol. The van der Waals surface area contributed by atoms with Gasteiger partial charge in [0.2, 0.25) is 5.82 Å². The Hall–Kier alpha value is -2.83. The molecule has 0 radical (unpaired) electrons. The first-order valence-electron chi connectivity index (χ1n) is 9.64. The van der Waals surface area contributed by atoms with Gasteiger partial charge in [0, 0.05) is 17.4 Å². The summed E-state index contributed by atoms with van der Waals surface area (Å²) in [7, 11) is 1.00. The molecule has 1 aromatic heterocycles. The molecule has 0 spiro atoms. The molecule has 0 bridgehead atoms. The van der Waals surface area contributed by atoms with Crippen molar-refractivity contribution in [1.29, 1.82) is 0 Å². The van der Waals surface area contributed by atoms with Crippen LogP contribution in [0.2, 0.25) is 0 Å². The maximum atomic E-state index is 14.3. The molecule has 1 aromatic carbocycles. The zero-order valence-electron chi connectivity index (χ0n) is 17.8. The Labute approximate surface area is 183 Å². The van der Waals surface area contributed by atoms with Gasteiger partial charge in [0.05, 0.1) is 24.7 Å². The van der Waals surface area contributed by atoms with E-state index in [2.05, 4.69) is 10.4 Å². The summed E-state index contributed by atoms with van der Waals surface area (Å²) in [5.41, 5.74) is -3.24. The van der Waals surface area contributed by atoms with Crippen molar-refractivity contribution in [2.75, 3.05) is 12.4 Å². The molecule has 4 unspecified atom stereocenters. The summed E-state index contributed by atoms with van der Waals surface area (Å²) < 4.78 is 106. The Balaban J connectivity index is 2.08. The number of hydrogen-bond donors (Lipinski definition) is 1. The Bertz CT molecular complexity index is 1060. The highest BCUT2D eigenvalue weighted by molar-refractivity contribution is 5.95. The van der Waals surface area contributed by atoms with Crippen molar-refractivity contribution in [3.63, 3.8) is 0 Å². The van der Waals surface area contributed by atoms with Crippen LogP contribution in [0.15, 0.2) is 18.3 Å². The number of hydrogen-bond acceptors (Lipinski definition) is 4. The maximum absolute atomic E-state index is 14.3. The molecule has 1 N–H and O–H groups in total. The van der Waals surface area contributed by atoms with E-state index in [1.807, 2.05) is 0 Å². The lowest BCUT2D eigenvalue weighted by atomic mass is 9.77. The van der Waals surface area contributed by atoms with Crippen molar-refractivity contribution >= 4 is 11.6 Å². The molecule has 1 aliphatic heterocycles. The number of carbonyl (C=O) groups excluding carboxylic acids is 1. The number of anilines is 1. The number of alkyl halides is 5. The number of benzene rings is 1. The molecule has 1 aliphatic rings. The summed E-state index contributed by atoms with van der Waals surface area (Å²) in [4.78, 5) is 13.0. The van der Waals surface area contributed by atoms with E-state index in [0.717, 1.165) is 33.2 Å². The molecule has 1 fully saturated rings. The molecule has 3 rings (SSSR count). The standard InChI is InChI=1S/C20H20F7N3O3/c1-8-13(10-5-6-11(21)14(22)15(10)32-4)16(33-19(8,3)20(25,26)27)17(31)28-12-7-30(18(23)24)29-9(12)2/h5-8,13,16,18H,1-4H3,(H,28,31). The van der Waals surface area contributed by atoms with Crippen molar-refractivity contribution in [2.24, 2.45) is 5.92 Å². The van der Waals surface area contributed by atoms with Gasteiger partial charge in [0.1, 0.15) is 6.10 Å². The molecule has 0 saturated carbocycles. The second kappa shape index (κ2) is 8.50. The Morgan fingerprint density at radius 2 is 1.94 bits per heavy atom. The third-order valence-corrected chi connectivity index (χ3v) is 5.94. The molecule has 2 heterocycles. The maximum Gasteiger partial charge on any atom is 0.417 e. The predicted molar refractivity (Wildman–Crippen MR) is 101 cm³/mol. The number of nitrogens with zero attached hydrogens (tertiary/aromatic N) is 2. The van der Waals surface area contributed by atoms with Gasteiger partial charge in [-0.2, -0.15) is 31.4 Å². The topological polar surface area (TPSA) is 65.4 Å².